The number of piperidine rings is 3. The van der Waals surface area contributed by atoms with E-state index in [4.69, 9.17) is 4.74 Å². The standard InChI is InChI=1S/C21H20F3N5O2.C14H15F3N4.C13H14F3N5.C11H14N2O.C6H4BrNO.C5H11N.C3HBr2F3O.CH4/c22-21(23,24)17-13-26-19(27-17)16-6-7-18(25-12-16)28-8-10-29(11-9-28)20(30)31-14-15-4-2-1-3-5-15;15-14(16,17)11-9-19-13(20-11)10-4-5-12(18-8-10)21-6-2-1-3-7-21;14-13(15,16)10-8-19-12(20-10)9-1-2-11(18-7-9)21-5-3-17-4-6-21;14-9-10-4-5-11(12-8-10)13-6-2-1-3-7-13;7-6-2-1-5(4-9)3-8-6;1-2-4-6-5-3-1;4-2(5)1(9)3(6,7)8;/h1-7,12-13H,8-11,14H2,(H,26,27);4-5,8-9H,1-3,6-7H2,(H,19,20);1-2,7-8,17H,3-6H2,(H,19,20);4-5,8-9H,1-3,6-7H2;1-4H;6H,1-5H2;2H;1H4. The lowest BCUT2D eigenvalue weighted by molar-refractivity contribution is -0.168. The number of benzene rings is 1. The number of hydrogen-bond acceptors (Lipinski definition) is 19. The lowest BCUT2D eigenvalue weighted by atomic mass is 10.1. The predicted molar refractivity (Wildman–Crippen MR) is 411 cm³/mol. The molecule has 5 fully saturated rings. The van der Waals surface area contributed by atoms with E-state index in [1.54, 1.807) is 59.8 Å². The Morgan fingerprint density at radius 3 is 1.09 bits per heavy atom. The maximum Gasteiger partial charge on any atom is 0.452 e. The monoisotopic (exact) mass is 1770 g/mol. The van der Waals surface area contributed by atoms with E-state index < -0.39 is 51.3 Å². The van der Waals surface area contributed by atoms with Crippen LogP contribution in [0.3, 0.4) is 0 Å². The molecule has 38 heteroatoms. The minimum absolute atomic E-state index is 0. The van der Waals surface area contributed by atoms with Gasteiger partial charge in [0.05, 0.1) is 18.6 Å². The van der Waals surface area contributed by atoms with Crippen LogP contribution in [0.25, 0.3) is 34.2 Å². The molecule has 1 amide bonds. The van der Waals surface area contributed by atoms with E-state index in [0.717, 1.165) is 124 Å². The Morgan fingerprint density at radius 1 is 0.420 bits per heavy atom. The van der Waals surface area contributed by atoms with Gasteiger partial charge in [0.1, 0.15) is 72.8 Å². The van der Waals surface area contributed by atoms with Gasteiger partial charge >= 0.3 is 30.8 Å². The van der Waals surface area contributed by atoms with Gasteiger partial charge in [0.2, 0.25) is 0 Å². The van der Waals surface area contributed by atoms with Gasteiger partial charge in [0.15, 0.2) is 12.6 Å². The number of anilines is 4. The molecule has 14 rings (SSSR count). The molecule has 8 aromatic heterocycles. The van der Waals surface area contributed by atoms with Crippen molar-refractivity contribution in [3.8, 4) is 34.2 Å². The summed E-state index contributed by atoms with van der Waals surface area (Å²) in [5.41, 5.74) is 1.10. The lowest BCUT2D eigenvalue weighted by Crippen LogP contribution is -2.49. The fourth-order valence-electron chi connectivity index (χ4n) is 11.1. The summed E-state index contributed by atoms with van der Waals surface area (Å²) in [6, 6.07) is 27.2. The van der Waals surface area contributed by atoms with E-state index in [-0.39, 0.29) is 37.6 Å². The number of nitrogens with zero attached hydrogens (tertiary/aromatic N) is 13. The van der Waals surface area contributed by atoms with Gasteiger partial charge in [-0.2, -0.15) is 52.7 Å². The van der Waals surface area contributed by atoms with E-state index in [9.17, 15) is 71.9 Å². The molecule has 5 aliphatic heterocycles. The number of carbonyl (C=O) groups is 4. The van der Waals surface area contributed by atoms with E-state index >= 15 is 0 Å². The SMILES string of the molecule is C.C1CCNCC1.FC(F)(F)c1cnc(-c2ccc(N3CCCCC3)nc2)[nH]1.FC(F)(F)c1cnc(-c2ccc(N3CCNCC3)nc2)[nH]1.O=C(C(Br)Br)C(F)(F)F.O=C(OCc1ccccc1)N1CCN(c2ccc(-c3ncc(C(F)(F)F)[nH]3)cn2)CC1.O=Cc1ccc(Br)nc1.O=Cc1ccc(N2CCCCC2)nc1. The van der Waals surface area contributed by atoms with Crippen molar-refractivity contribution in [1.82, 2.24) is 70.4 Å². The summed E-state index contributed by atoms with van der Waals surface area (Å²) in [5, 5.41) is 6.53. The van der Waals surface area contributed by atoms with Crippen molar-refractivity contribution in [1.29, 1.82) is 0 Å². The van der Waals surface area contributed by atoms with Crippen molar-refractivity contribution in [3.05, 3.63) is 179 Å². The van der Waals surface area contributed by atoms with Gasteiger partial charge in [-0.15, -0.1) is 0 Å². The number of H-pyrrole nitrogens is 3. The van der Waals surface area contributed by atoms with Crippen molar-refractivity contribution in [2.24, 2.45) is 0 Å². The number of amides is 1. The third kappa shape index (κ3) is 29.3. The van der Waals surface area contributed by atoms with Crippen LogP contribution in [0.15, 0.2) is 145 Å². The van der Waals surface area contributed by atoms with Gasteiger partial charge < -0.3 is 54.8 Å². The number of hydrogen-bond donors (Lipinski definition) is 5. The van der Waals surface area contributed by atoms with Gasteiger partial charge in [0.25, 0.3) is 5.78 Å². The van der Waals surface area contributed by atoms with Gasteiger partial charge in [-0.05, 0) is 147 Å². The molecule has 0 spiro atoms. The number of aromatic nitrogens is 11. The summed E-state index contributed by atoms with van der Waals surface area (Å²) < 4.78 is 152. The normalized spacial score (nSPS) is 15.2. The lowest BCUT2D eigenvalue weighted by Gasteiger charge is -2.34. The molecule has 5 saturated heterocycles. The number of rotatable bonds is 12. The number of pyridine rings is 5. The van der Waals surface area contributed by atoms with E-state index in [2.05, 4.69) is 128 Å². The number of ether oxygens (including phenoxy) is 1. The van der Waals surface area contributed by atoms with Gasteiger partial charge in [-0.3, -0.25) is 14.4 Å². The average molecular weight is 1770 g/mol. The number of nitrogens with one attached hydrogen (secondary N) is 5. The first-order chi connectivity index (χ1) is 53.1. The van der Waals surface area contributed by atoms with Crippen LogP contribution in [0.5, 0.6) is 0 Å². The molecule has 112 heavy (non-hydrogen) atoms. The molecule has 0 saturated carbocycles. The molecule has 5 aliphatic rings. The Hall–Kier alpha value is -9.40. The molecule has 0 aliphatic carbocycles. The highest BCUT2D eigenvalue weighted by molar-refractivity contribution is 9.25. The molecule has 0 unspecified atom stereocenters. The number of imidazole rings is 3. The predicted octanol–water partition coefficient (Wildman–Crippen LogP) is 16.5. The Balaban J connectivity index is 0.000000192. The number of halogens is 15. The molecule has 0 bridgehead atoms. The minimum atomic E-state index is -4.75. The summed E-state index contributed by atoms with van der Waals surface area (Å²) in [6.07, 6.45) is 4.83. The fourth-order valence-corrected chi connectivity index (χ4v) is 11.8. The fraction of sp³-hybridized carbons (Fsp3) is 0.405. The molecule has 0 radical (unpaired) electrons. The molecule has 1 aromatic carbocycles. The minimum Gasteiger partial charge on any atom is -0.445 e. The molecular weight excluding hydrogens is 1690 g/mol. The Kier molecular flexibility index (Phi) is 35.4. The third-order valence-corrected chi connectivity index (χ3v) is 18.4. The van der Waals surface area contributed by atoms with Crippen LogP contribution in [-0.2, 0) is 34.7 Å². The molecule has 23 nitrogen and oxygen atoms in total. The number of carbonyl (C=O) groups excluding carboxylic acids is 4. The third-order valence-electron chi connectivity index (χ3n) is 17.1. The number of aldehydes is 2. The van der Waals surface area contributed by atoms with Crippen molar-refractivity contribution < 1.29 is 76.6 Å². The zero-order valence-electron chi connectivity index (χ0n) is 59.5. The Labute approximate surface area is 663 Å². The maximum absolute atomic E-state index is 12.7. The van der Waals surface area contributed by atoms with Gasteiger partial charge in [-0.25, -0.2) is 44.7 Å². The number of Topliss-reactive ketones (excluding diaryl/α,β-unsaturated/α-hetero) is 1. The summed E-state index contributed by atoms with van der Waals surface area (Å²) in [5.74, 6) is 1.99. The molecule has 13 heterocycles. The van der Waals surface area contributed by atoms with E-state index in [1.807, 2.05) is 53.4 Å². The Morgan fingerprint density at radius 2 is 0.786 bits per heavy atom. The first-order valence-corrected chi connectivity index (χ1v) is 37.7. The average Bonchev–Trinajstić information content (AvgIpc) is 1.67. The van der Waals surface area contributed by atoms with E-state index in [1.165, 1.54) is 76.6 Å². The van der Waals surface area contributed by atoms with Crippen LogP contribution in [0, 0.1) is 0 Å². The Bertz CT molecular complexity index is 4120. The van der Waals surface area contributed by atoms with Gasteiger partial charge in [0, 0.05) is 137 Å². The van der Waals surface area contributed by atoms with Crippen LogP contribution >= 0.6 is 47.8 Å². The van der Waals surface area contributed by atoms with Crippen molar-refractivity contribution in [2.45, 2.75) is 100 Å². The van der Waals surface area contributed by atoms with Crippen molar-refractivity contribution in [2.75, 3.05) is 111 Å². The van der Waals surface area contributed by atoms with Crippen LogP contribution in [0.1, 0.15) is 109 Å². The van der Waals surface area contributed by atoms with Crippen LogP contribution in [0.4, 0.5) is 80.8 Å². The number of alkyl halides is 14. The number of aromatic amines is 3. The second kappa shape index (κ2) is 44.2. The molecule has 9 aromatic rings. The zero-order valence-corrected chi connectivity index (χ0v) is 64.3. The van der Waals surface area contributed by atoms with Gasteiger partial charge in [-0.1, -0.05) is 76.0 Å². The first kappa shape index (κ1) is 89.8. The second-order valence-corrected chi connectivity index (χ2v) is 28.9. The highest BCUT2D eigenvalue weighted by Gasteiger charge is 2.41. The summed E-state index contributed by atoms with van der Waals surface area (Å²) in [7, 11) is 0. The topological polar surface area (TPSA) is 268 Å². The van der Waals surface area contributed by atoms with Crippen molar-refractivity contribution in [3.63, 3.8) is 0 Å². The second-order valence-electron chi connectivity index (χ2n) is 25.1. The number of piperazine rings is 2. The van der Waals surface area contributed by atoms with Crippen molar-refractivity contribution >= 4 is 95.5 Å². The number of ketones is 1. The summed E-state index contributed by atoms with van der Waals surface area (Å²) in [6.45, 7) is 12.5. The molecule has 5 N–H and O–H groups in total. The van der Waals surface area contributed by atoms with Crippen LogP contribution in [-0.4, -0.2) is 186 Å². The smallest absolute Gasteiger partial charge is 0.445 e. The summed E-state index contributed by atoms with van der Waals surface area (Å²) in [4.78, 5) is 92.2. The maximum atomic E-state index is 12.7. The largest absolute Gasteiger partial charge is 0.452 e. The highest BCUT2D eigenvalue weighted by Crippen LogP contribution is 2.33. The molecule has 0 atom stereocenters. The first-order valence-electron chi connectivity index (χ1n) is 35.1. The molecule has 604 valence electrons. The zero-order chi connectivity index (χ0) is 80.0. The highest BCUT2D eigenvalue weighted by atomic mass is 79.9. The van der Waals surface area contributed by atoms with Crippen LogP contribution in [0.2, 0.25) is 0 Å². The summed E-state index contributed by atoms with van der Waals surface area (Å²) >= 11 is 7.99. The quantitative estimate of drug-likeness (QED) is 0.0329. The van der Waals surface area contributed by atoms with E-state index in [0.29, 0.717) is 59.8 Å². The molecular formula is C74H83Br3F12N18O5. The van der Waals surface area contributed by atoms with Crippen LogP contribution < -0.4 is 30.2 Å².